The molecule has 4 N–H and O–H groups in total. The Morgan fingerprint density at radius 2 is 2.21 bits per heavy atom. The highest BCUT2D eigenvalue weighted by Gasteiger charge is 2.29. The van der Waals surface area contributed by atoms with E-state index in [2.05, 4.69) is 20.3 Å². The lowest BCUT2D eigenvalue weighted by molar-refractivity contribution is -0.133. The molecule has 0 radical (unpaired) electrons. The molecule has 0 bridgehead atoms. The maximum absolute atomic E-state index is 12.4. The van der Waals surface area contributed by atoms with Crippen LogP contribution in [0.4, 0.5) is 17.3 Å². The highest BCUT2D eigenvalue weighted by atomic mass is 32.1. The maximum Gasteiger partial charge on any atom is 0.225 e. The third kappa shape index (κ3) is 3.18. The van der Waals surface area contributed by atoms with Gasteiger partial charge in [0, 0.05) is 36.7 Å². The van der Waals surface area contributed by atoms with Gasteiger partial charge in [-0.3, -0.25) is 4.79 Å². The van der Waals surface area contributed by atoms with Crippen molar-refractivity contribution in [2.24, 2.45) is 5.92 Å². The normalized spacial score (nSPS) is 15.9. The first-order chi connectivity index (χ1) is 13.5. The summed E-state index contributed by atoms with van der Waals surface area (Å²) in [5.74, 6) is 1.23. The van der Waals surface area contributed by atoms with Gasteiger partial charge in [0.05, 0.1) is 17.3 Å². The monoisotopic (exact) mass is 395 g/mol. The zero-order valence-corrected chi connectivity index (χ0v) is 16.5. The molecule has 3 heterocycles. The van der Waals surface area contributed by atoms with Gasteiger partial charge < -0.3 is 21.4 Å². The van der Waals surface area contributed by atoms with Crippen molar-refractivity contribution in [2.75, 3.05) is 25.1 Å². The number of nitrogens with zero attached hydrogens (tertiary/aromatic N) is 4. The Bertz CT molecular complexity index is 1080. The van der Waals surface area contributed by atoms with Crippen molar-refractivity contribution in [3.8, 4) is 0 Å². The first kappa shape index (κ1) is 18.3. The number of amides is 1. The molecular weight excluding hydrogens is 374 g/mol. The standard InChI is InChI=1S/C19H21N7OS/c1-26(2)19(27)10-3-4-13-14(6-10)28-18-15(13)17(23-9-24-18)25-12-5-11(7-20)16(21)22-8-12/h5,7-10,20H,3-4,6H2,1-2H3,(H2,21,22)(H,23,24,25). The number of nitrogen functional groups attached to an aromatic ring is 1. The first-order valence-corrected chi connectivity index (χ1v) is 9.79. The van der Waals surface area contributed by atoms with Crippen molar-refractivity contribution in [1.82, 2.24) is 19.9 Å². The fourth-order valence-corrected chi connectivity index (χ4v) is 4.86. The predicted molar refractivity (Wildman–Crippen MR) is 111 cm³/mol. The van der Waals surface area contributed by atoms with Crippen molar-refractivity contribution >= 4 is 51.0 Å². The summed E-state index contributed by atoms with van der Waals surface area (Å²) < 4.78 is 0. The molecule has 28 heavy (non-hydrogen) atoms. The van der Waals surface area contributed by atoms with Gasteiger partial charge >= 0.3 is 0 Å². The van der Waals surface area contributed by atoms with Gasteiger partial charge in [-0.15, -0.1) is 11.3 Å². The highest BCUT2D eigenvalue weighted by molar-refractivity contribution is 7.19. The van der Waals surface area contributed by atoms with Crippen LogP contribution >= 0.6 is 11.3 Å². The lowest BCUT2D eigenvalue weighted by Crippen LogP contribution is -2.32. The second-order valence-electron chi connectivity index (χ2n) is 7.05. The first-order valence-electron chi connectivity index (χ1n) is 8.97. The molecule has 0 aromatic carbocycles. The van der Waals surface area contributed by atoms with Crippen LogP contribution in [0.25, 0.3) is 10.2 Å². The molecule has 0 fully saturated rings. The lowest BCUT2D eigenvalue weighted by atomic mass is 9.87. The fraction of sp³-hybridized carbons (Fsp3) is 0.316. The number of hydrogen-bond donors (Lipinski definition) is 3. The van der Waals surface area contributed by atoms with Gasteiger partial charge in [-0.2, -0.15) is 0 Å². The van der Waals surface area contributed by atoms with Crippen molar-refractivity contribution in [1.29, 1.82) is 5.41 Å². The van der Waals surface area contributed by atoms with E-state index >= 15 is 0 Å². The Morgan fingerprint density at radius 3 is 2.96 bits per heavy atom. The second-order valence-corrected chi connectivity index (χ2v) is 8.13. The Labute approximate surface area is 166 Å². The van der Waals surface area contributed by atoms with E-state index in [1.807, 2.05) is 0 Å². The van der Waals surface area contributed by atoms with Crippen LogP contribution in [0, 0.1) is 11.3 Å². The SMILES string of the molecule is CN(C)C(=O)C1CCc2c(sc3ncnc(Nc4cnc(N)c(C=N)c4)c23)C1. The van der Waals surface area contributed by atoms with E-state index in [-0.39, 0.29) is 11.8 Å². The molecule has 1 amide bonds. The number of thiophene rings is 1. The number of carbonyl (C=O) groups is 1. The minimum atomic E-state index is 0.0244. The van der Waals surface area contributed by atoms with Crippen LogP contribution in [0.3, 0.4) is 0 Å². The number of carbonyl (C=O) groups excluding carboxylic acids is 1. The maximum atomic E-state index is 12.4. The quantitative estimate of drug-likeness (QED) is 0.584. The molecule has 3 aromatic heterocycles. The van der Waals surface area contributed by atoms with Crippen LogP contribution in [0.1, 0.15) is 22.4 Å². The number of nitrogens with one attached hydrogen (secondary N) is 2. The summed E-state index contributed by atoms with van der Waals surface area (Å²) >= 11 is 1.63. The summed E-state index contributed by atoms with van der Waals surface area (Å²) in [4.78, 5) is 29.2. The molecule has 0 spiro atoms. The zero-order valence-electron chi connectivity index (χ0n) is 15.7. The number of aryl methyl sites for hydroxylation is 1. The van der Waals surface area contributed by atoms with Gasteiger partial charge in [0.1, 0.15) is 22.8 Å². The van der Waals surface area contributed by atoms with Gasteiger partial charge in [-0.1, -0.05) is 0 Å². The largest absolute Gasteiger partial charge is 0.383 e. The Hall–Kier alpha value is -3.07. The molecule has 3 aromatic rings. The molecular formula is C19H21N7OS. The molecule has 1 aliphatic carbocycles. The van der Waals surface area contributed by atoms with E-state index < -0.39 is 0 Å². The number of pyridine rings is 1. The van der Waals surface area contributed by atoms with Crippen molar-refractivity contribution < 1.29 is 4.79 Å². The number of aromatic nitrogens is 3. The van der Waals surface area contributed by atoms with Crippen molar-refractivity contribution in [3.63, 3.8) is 0 Å². The molecule has 9 heteroatoms. The lowest BCUT2D eigenvalue weighted by Gasteiger charge is -2.24. The van der Waals surface area contributed by atoms with Crippen molar-refractivity contribution in [2.45, 2.75) is 19.3 Å². The minimum absolute atomic E-state index is 0.0244. The van der Waals surface area contributed by atoms with E-state index in [0.29, 0.717) is 22.9 Å². The van der Waals surface area contributed by atoms with Crippen LogP contribution < -0.4 is 11.1 Å². The molecule has 1 aliphatic rings. The summed E-state index contributed by atoms with van der Waals surface area (Å²) in [6.07, 6.45) is 6.74. The van der Waals surface area contributed by atoms with Gasteiger partial charge in [0.15, 0.2) is 0 Å². The second kappa shape index (κ2) is 7.16. The summed E-state index contributed by atoms with van der Waals surface area (Å²) in [5.41, 5.74) is 8.26. The molecule has 144 valence electrons. The van der Waals surface area contributed by atoms with Gasteiger partial charge in [0.25, 0.3) is 0 Å². The summed E-state index contributed by atoms with van der Waals surface area (Å²) in [6.45, 7) is 0. The van der Waals surface area contributed by atoms with Crippen LogP contribution in [-0.4, -0.2) is 46.1 Å². The number of anilines is 3. The van der Waals surface area contributed by atoms with E-state index in [1.165, 1.54) is 23.0 Å². The summed E-state index contributed by atoms with van der Waals surface area (Å²) in [6, 6.07) is 1.77. The van der Waals surface area contributed by atoms with Crippen LogP contribution in [0.15, 0.2) is 18.6 Å². The molecule has 0 saturated heterocycles. The summed E-state index contributed by atoms with van der Waals surface area (Å²) in [5, 5.41) is 11.8. The third-order valence-electron chi connectivity index (χ3n) is 5.00. The predicted octanol–water partition coefficient (Wildman–Crippen LogP) is 2.60. The molecule has 8 nitrogen and oxygen atoms in total. The molecule has 0 aliphatic heterocycles. The molecule has 1 unspecified atom stereocenters. The number of hydrogen-bond acceptors (Lipinski definition) is 8. The van der Waals surface area contributed by atoms with Gasteiger partial charge in [-0.05, 0) is 30.9 Å². The van der Waals surface area contributed by atoms with Gasteiger partial charge in [-0.25, -0.2) is 15.0 Å². The average Bonchev–Trinajstić information content (AvgIpc) is 3.07. The van der Waals surface area contributed by atoms with Crippen LogP contribution in [-0.2, 0) is 17.6 Å². The van der Waals surface area contributed by atoms with Crippen molar-refractivity contribution in [3.05, 3.63) is 34.6 Å². The zero-order chi connectivity index (χ0) is 19.8. The Balaban J connectivity index is 1.70. The Morgan fingerprint density at radius 1 is 1.39 bits per heavy atom. The van der Waals surface area contributed by atoms with E-state index in [0.717, 1.165) is 29.5 Å². The third-order valence-corrected chi connectivity index (χ3v) is 6.17. The minimum Gasteiger partial charge on any atom is -0.383 e. The molecule has 1 atom stereocenters. The fourth-order valence-electron chi connectivity index (χ4n) is 3.59. The molecule has 4 rings (SSSR count). The van der Waals surface area contributed by atoms with E-state index in [1.54, 1.807) is 42.6 Å². The van der Waals surface area contributed by atoms with Gasteiger partial charge in [0.2, 0.25) is 5.91 Å². The van der Waals surface area contributed by atoms with E-state index in [9.17, 15) is 4.79 Å². The highest BCUT2D eigenvalue weighted by Crippen LogP contribution is 2.40. The van der Waals surface area contributed by atoms with E-state index in [4.69, 9.17) is 11.1 Å². The average molecular weight is 395 g/mol. The van der Waals surface area contributed by atoms with Crippen LogP contribution in [0.2, 0.25) is 0 Å². The number of fused-ring (bicyclic) bond motifs is 3. The molecule has 0 saturated carbocycles. The Kier molecular flexibility index (Phi) is 4.68. The number of rotatable bonds is 4. The topological polar surface area (TPSA) is 121 Å². The number of nitrogens with two attached hydrogens (primary N) is 1. The van der Waals surface area contributed by atoms with Crippen LogP contribution in [0.5, 0.6) is 0 Å². The summed E-state index contributed by atoms with van der Waals surface area (Å²) in [7, 11) is 3.61. The smallest absolute Gasteiger partial charge is 0.225 e.